The Labute approximate surface area is 164 Å². The van der Waals surface area contributed by atoms with Crippen LogP contribution in [0.1, 0.15) is 41.5 Å². The minimum absolute atomic E-state index is 0.256. The maximum absolute atomic E-state index is 13.2. The van der Waals surface area contributed by atoms with Gasteiger partial charge in [-0.1, -0.05) is 19.0 Å². The summed E-state index contributed by atoms with van der Waals surface area (Å²) < 4.78 is 18.5. The van der Waals surface area contributed by atoms with Gasteiger partial charge in [0.25, 0.3) is 11.6 Å². The second-order valence-corrected chi connectivity index (χ2v) is 7.55. The summed E-state index contributed by atoms with van der Waals surface area (Å²) in [6.07, 6.45) is 0. The molecular formula is C20H17FN4O2S. The maximum Gasteiger partial charge on any atom is 0.259 e. The highest BCUT2D eigenvalue weighted by molar-refractivity contribution is 7.14. The normalized spacial score (nSPS) is 11.3. The molecule has 0 spiro atoms. The van der Waals surface area contributed by atoms with Crippen molar-refractivity contribution in [3.63, 3.8) is 0 Å². The van der Waals surface area contributed by atoms with E-state index in [1.54, 1.807) is 25.1 Å². The van der Waals surface area contributed by atoms with Gasteiger partial charge in [0, 0.05) is 10.9 Å². The molecule has 8 heteroatoms. The molecule has 28 heavy (non-hydrogen) atoms. The third-order valence-electron chi connectivity index (χ3n) is 4.34. The maximum atomic E-state index is 13.2. The highest BCUT2D eigenvalue weighted by Crippen LogP contribution is 2.28. The van der Waals surface area contributed by atoms with E-state index >= 15 is 0 Å². The summed E-state index contributed by atoms with van der Waals surface area (Å²) >= 11 is 1.38. The fourth-order valence-electron chi connectivity index (χ4n) is 2.82. The number of thiazole rings is 1. The van der Waals surface area contributed by atoms with Crippen molar-refractivity contribution in [1.82, 2.24) is 15.1 Å². The monoisotopic (exact) mass is 396 g/mol. The van der Waals surface area contributed by atoms with E-state index in [1.807, 2.05) is 19.2 Å². The Morgan fingerprint density at radius 2 is 1.96 bits per heavy atom. The van der Waals surface area contributed by atoms with Gasteiger partial charge < -0.3 is 4.52 Å². The second kappa shape index (κ2) is 7.12. The van der Waals surface area contributed by atoms with Crippen molar-refractivity contribution < 1.29 is 13.7 Å². The zero-order chi connectivity index (χ0) is 19.8. The first-order chi connectivity index (χ1) is 13.4. The fraction of sp³-hybridized carbons (Fsp3) is 0.200. The van der Waals surface area contributed by atoms with Crippen molar-refractivity contribution in [2.24, 2.45) is 0 Å². The summed E-state index contributed by atoms with van der Waals surface area (Å²) in [6.45, 7) is 5.84. The van der Waals surface area contributed by atoms with Crippen LogP contribution in [0.25, 0.3) is 22.4 Å². The van der Waals surface area contributed by atoms with Gasteiger partial charge in [0.15, 0.2) is 5.13 Å². The molecule has 4 rings (SSSR count). The number of nitrogens with one attached hydrogen (secondary N) is 1. The van der Waals surface area contributed by atoms with Crippen LogP contribution in [0.5, 0.6) is 0 Å². The number of hydrogen-bond acceptors (Lipinski definition) is 6. The molecule has 0 bridgehead atoms. The summed E-state index contributed by atoms with van der Waals surface area (Å²) in [4.78, 5) is 21.9. The Kier molecular flexibility index (Phi) is 4.64. The average molecular weight is 396 g/mol. The topological polar surface area (TPSA) is 80.9 Å². The fourth-order valence-corrected chi connectivity index (χ4v) is 3.68. The largest absolute Gasteiger partial charge is 0.335 e. The Morgan fingerprint density at radius 1 is 1.21 bits per heavy atom. The van der Waals surface area contributed by atoms with Crippen LogP contribution in [0.2, 0.25) is 0 Å². The molecule has 3 aromatic heterocycles. The van der Waals surface area contributed by atoms with Gasteiger partial charge >= 0.3 is 0 Å². The van der Waals surface area contributed by atoms with E-state index in [0.717, 1.165) is 5.69 Å². The smallest absolute Gasteiger partial charge is 0.259 e. The lowest BCUT2D eigenvalue weighted by Crippen LogP contribution is -2.13. The lowest BCUT2D eigenvalue weighted by Gasteiger charge is -2.07. The number of aromatic nitrogens is 3. The predicted molar refractivity (Wildman–Crippen MR) is 106 cm³/mol. The van der Waals surface area contributed by atoms with E-state index < -0.39 is 0 Å². The Hall–Kier alpha value is -3.13. The minimum Gasteiger partial charge on any atom is -0.335 e. The van der Waals surface area contributed by atoms with Crippen molar-refractivity contribution in [1.29, 1.82) is 0 Å². The Balaban J connectivity index is 1.76. The van der Waals surface area contributed by atoms with Gasteiger partial charge in [-0.15, -0.1) is 11.3 Å². The molecular weight excluding hydrogens is 379 g/mol. The van der Waals surface area contributed by atoms with Crippen LogP contribution in [0, 0.1) is 12.7 Å². The molecule has 1 amide bonds. The molecule has 142 valence electrons. The van der Waals surface area contributed by atoms with Crippen LogP contribution in [0.15, 0.2) is 40.2 Å². The highest BCUT2D eigenvalue weighted by atomic mass is 32.1. The number of benzene rings is 1. The van der Waals surface area contributed by atoms with Crippen LogP contribution in [-0.4, -0.2) is 21.0 Å². The number of rotatable bonds is 4. The van der Waals surface area contributed by atoms with Crippen LogP contribution < -0.4 is 5.32 Å². The summed E-state index contributed by atoms with van der Waals surface area (Å²) in [6, 6.07) is 7.55. The molecule has 0 aliphatic rings. The number of amides is 1. The first-order valence-corrected chi connectivity index (χ1v) is 9.60. The number of aryl methyl sites for hydroxylation is 1. The molecule has 6 nitrogen and oxygen atoms in total. The van der Waals surface area contributed by atoms with E-state index in [1.165, 1.54) is 23.5 Å². The van der Waals surface area contributed by atoms with Gasteiger partial charge in [0.1, 0.15) is 5.82 Å². The van der Waals surface area contributed by atoms with Gasteiger partial charge in [0.05, 0.1) is 28.0 Å². The number of halogens is 1. The average Bonchev–Trinajstić information content (AvgIpc) is 3.29. The molecule has 0 aliphatic heterocycles. The number of fused-ring (bicyclic) bond motifs is 1. The molecule has 1 aromatic carbocycles. The van der Waals surface area contributed by atoms with Crippen LogP contribution in [0.4, 0.5) is 9.52 Å². The molecule has 0 unspecified atom stereocenters. The summed E-state index contributed by atoms with van der Waals surface area (Å²) in [5.74, 6) is -0.394. The first-order valence-electron chi connectivity index (χ1n) is 8.72. The van der Waals surface area contributed by atoms with Crippen molar-refractivity contribution in [3.8, 4) is 11.3 Å². The lowest BCUT2D eigenvalue weighted by atomic mass is 10.1. The van der Waals surface area contributed by atoms with E-state index in [-0.39, 0.29) is 23.4 Å². The van der Waals surface area contributed by atoms with Crippen LogP contribution >= 0.6 is 11.3 Å². The van der Waals surface area contributed by atoms with E-state index in [0.29, 0.717) is 33.0 Å². The van der Waals surface area contributed by atoms with Gasteiger partial charge in [0.2, 0.25) is 0 Å². The third-order valence-corrected chi connectivity index (χ3v) is 5.11. The number of pyridine rings is 1. The third kappa shape index (κ3) is 3.38. The second-order valence-electron chi connectivity index (χ2n) is 6.70. The Morgan fingerprint density at radius 3 is 2.64 bits per heavy atom. The molecule has 1 N–H and O–H groups in total. The number of carbonyl (C=O) groups is 1. The van der Waals surface area contributed by atoms with Gasteiger partial charge in [-0.2, -0.15) is 0 Å². The molecule has 0 saturated carbocycles. The SMILES string of the molecule is Cc1noc2nc(-c3ccc(F)cc3)cc(C(=O)Nc3nc(C(C)C)cs3)c12. The molecule has 3 heterocycles. The van der Waals surface area contributed by atoms with Crippen molar-refractivity contribution in [2.45, 2.75) is 26.7 Å². The quantitative estimate of drug-likeness (QED) is 0.515. The molecule has 0 radical (unpaired) electrons. The van der Waals surface area contributed by atoms with Gasteiger partial charge in [-0.3, -0.25) is 10.1 Å². The van der Waals surface area contributed by atoms with Crippen molar-refractivity contribution in [3.05, 3.63) is 58.5 Å². The van der Waals surface area contributed by atoms with Gasteiger partial charge in [-0.25, -0.2) is 14.4 Å². The van der Waals surface area contributed by atoms with Crippen molar-refractivity contribution >= 4 is 33.5 Å². The minimum atomic E-state index is -0.344. The summed E-state index contributed by atoms with van der Waals surface area (Å²) in [5, 5.41) is 9.77. The zero-order valence-corrected chi connectivity index (χ0v) is 16.3. The molecule has 0 saturated heterocycles. The van der Waals surface area contributed by atoms with E-state index in [2.05, 4.69) is 20.4 Å². The lowest BCUT2D eigenvalue weighted by molar-refractivity contribution is 0.102. The molecule has 0 aliphatic carbocycles. The Bertz CT molecular complexity index is 1160. The molecule has 0 fully saturated rings. The standard InChI is InChI=1S/C20H17FN4O2S/c1-10(2)16-9-28-20(23-16)24-18(26)14-8-15(12-4-6-13(21)7-5-12)22-19-17(14)11(3)25-27-19/h4-10H,1-3H3,(H,23,24,26). The van der Waals surface area contributed by atoms with Crippen molar-refractivity contribution in [2.75, 3.05) is 5.32 Å². The first kappa shape index (κ1) is 18.2. The molecule has 4 aromatic rings. The van der Waals surface area contributed by atoms with Gasteiger partial charge in [-0.05, 0) is 43.2 Å². The summed E-state index contributed by atoms with van der Waals surface area (Å²) in [5.41, 5.74) is 3.29. The number of anilines is 1. The highest BCUT2D eigenvalue weighted by Gasteiger charge is 2.20. The van der Waals surface area contributed by atoms with E-state index in [4.69, 9.17) is 4.52 Å². The summed E-state index contributed by atoms with van der Waals surface area (Å²) in [7, 11) is 0. The van der Waals surface area contributed by atoms with E-state index in [9.17, 15) is 9.18 Å². The number of carbonyl (C=O) groups excluding carboxylic acids is 1. The number of hydrogen-bond donors (Lipinski definition) is 1. The zero-order valence-electron chi connectivity index (χ0n) is 15.5. The van der Waals surface area contributed by atoms with Crippen LogP contribution in [0.3, 0.4) is 0 Å². The van der Waals surface area contributed by atoms with Crippen LogP contribution in [-0.2, 0) is 0 Å². The number of nitrogens with zero attached hydrogens (tertiary/aromatic N) is 3. The predicted octanol–water partition coefficient (Wildman–Crippen LogP) is 5.17. The molecule has 0 atom stereocenters.